The van der Waals surface area contributed by atoms with Gasteiger partial charge in [0.15, 0.2) is 17.5 Å². The monoisotopic (exact) mass is 330 g/mol. The smallest absolute Gasteiger partial charge is 0.170 e. The van der Waals surface area contributed by atoms with E-state index in [1.54, 1.807) is 27.2 Å². The Morgan fingerprint density at radius 1 is 1.21 bits per heavy atom. The van der Waals surface area contributed by atoms with Gasteiger partial charge >= 0.3 is 0 Å². The lowest BCUT2D eigenvalue weighted by Gasteiger charge is -2.23. The van der Waals surface area contributed by atoms with Gasteiger partial charge in [0.1, 0.15) is 11.5 Å². The number of hydrogen-bond donors (Lipinski definition) is 0. The molecular weight excluding hydrogens is 308 g/mol. The van der Waals surface area contributed by atoms with E-state index in [0.29, 0.717) is 17.1 Å². The van der Waals surface area contributed by atoms with Crippen molar-refractivity contribution in [3.63, 3.8) is 0 Å². The number of rotatable bonds is 4. The SMILES string of the molecule is COC1=CC(/N=N/C(C)=N/N=c2\cc(OC)ccn2C)N(C)C=C1. The van der Waals surface area contributed by atoms with Gasteiger partial charge in [-0.1, -0.05) is 0 Å². The minimum Gasteiger partial charge on any atom is -0.497 e. The van der Waals surface area contributed by atoms with E-state index in [-0.39, 0.29) is 6.17 Å². The predicted octanol–water partition coefficient (Wildman–Crippen LogP) is 2.04. The van der Waals surface area contributed by atoms with E-state index in [0.717, 1.165) is 5.76 Å². The maximum atomic E-state index is 5.20. The highest BCUT2D eigenvalue weighted by molar-refractivity contribution is 5.79. The van der Waals surface area contributed by atoms with Crippen molar-refractivity contribution in [2.45, 2.75) is 13.1 Å². The second-order valence-electron chi connectivity index (χ2n) is 5.17. The van der Waals surface area contributed by atoms with Crippen LogP contribution in [0.1, 0.15) is 6.92 Å². The molecule has 1 aliphatic heterocycles. The van der Waals surface area contributed by atoms with Crippen LogP contribution in [-0.4, -0.2) is 42.7 Å². The van der Waals surface area contributed by atoms with Crippen LogP contribution >= 0.6 is 0 Å². The summed E-state index contributed by atoms with van der Waals surface area (Å²) in [5, 5.41) is 16.6. The standard InChI is InChI=1S/C16H22N6O2/c1-12(17-19-15-10-13(23-4)6-8-21(15)2)18-20-16-11-14(24-5)7-9-22(16)3/h6-11,15H,1-5H3/b18-12+,19-17+,20-16+. The Hall–Kier alpha value is -2.90. The normalized spacial score (nSPS) is 19.0. The first-order valence-corrected chi connectivity index (χ1v) is 7.39. The van der Waals surface area contributed by atoms with Gasteiger partial charge in [-0.2, -0.15) is 5.11 Å². The molecule has 0 spiro atoms. The summed E-state index contributed by atoms with van der Waals surface area (Å²) < 4.78 is 12.2. The van der Waals surface area contributed by atoms with Crippen LogP contribution in [0.3, 0.4) is 0 Å². The Kier molecular flexibility index (Phi) is 5.89. The Balaban J connectivity index is 2.16. The van der Waals surface area contributed by atoms with Crippen molar-refractivity contribution in [2.24, 2.45) is 27.5 Å². The molecule has 8 heteroatoms. The van der Waals surface area contributed by atoms with E-state index in [4.69, 9.17) is 9.47 Å². The molecule has 1 aromatic heterocycles. The van der Waals surface area contributed by atoms with E-state index in [2.05, 4.69) is 20.4 Å². The summed E-state index contributed by atoms with van der Waals surface area (Å²) in [6, 6.07) is 3.64. The molecule has 0 bridgehead atoms. The van der Waals surface area contributed by atoms with Crippen molar-refractivity contribution in [2.75, 3.05) is 21.3 Å². The molecule has 1 aliphatic rings. The van der Waals surface area contributed by atoms with E-state index < -0.39 is 0 Å². The predicted molar refractivity (Wildman–Crippen MR) is 91.3 cm³/mol. The van der Waals surface area contributed by atoms with Crippen LogP contribution < -0.4 is 10.2 Å². The van der Waals surface area contributed by atoms with Crippen molar-refractivity contribution in [1.82, 2.24) is 9.47 Å². The van der Waals surface area contributed by atoms with Gasteiger partial charge in [0.2, 0.25) is 0 Å². The molecule has 0 aromatic carbocycles. The number of aryl methyl sites for hydroxylation is 1. The summed E-state index contributed by atoms with van der Waals surface area (Å²) in [5.74, 6) is 1.92. The number of methoxy groups -OCH3 is 2. The van der Waals surface area contributed by atoms with E-state index in [9.17, 15) is 0 Å². The zero-order valence-electron chi connectivity index (χ0n) is 14.5. The summed E-state index contributed by atoms with van der Waals surface area (Å²) in [4.78, 5) is 1.92. The molecule has 1 unspecified atom stereocenters. The van der Waals surface area contributed by atoms with E-state index in [1.807, 2.05) is 54.2 Å². The summed E-state index contributed by atoms with van der Waals surface area (Å²) in [6.07, 6.45) is 7.24. The van der Waals surface area contributed by atoms with Crippen molar-refractivity contribution < 1.29 is 9.47 Å². The first kappa shape index (κ1) is 17.5. The maximum absolute atomic E-state index is 5.20. The van der Waals surface area contributed by atoms with Gasteiger partial charge in [0.05, 0.1) is 14.2 Å². The zero-order chi connectivity index (χ0) is 17.5. The average Bonchev–Trinajstić information content (AvgIpc) is 2.60. The first-order chi connectivity index (χ1) is 11.5. The lowest BCUT2D eigenvalue weighted by molar-refractivity contribution is 0.283. The van der Waals surface area contributed by atoms with Crippen LogP contribution in [0, 0.1) is 0 Å². The van der Waals surface area contributed by atoms with Crippen LogP contribution in [0.25, 0.3) is 0 Å². The molecule has 128 valence electrons. The lowest BCUT2D eigenvalue weighted by atomic mass is 10.3. The minimum absolute atomic E-state index is 0.233. The van der Waals surface area contributed by atoms with Gasteiger partial charge in [-0.25, -0.2) is 0 Å². The molecule has 24 heavy (non-hydrogen) atoms. The number of ether oxygens (including phenoxy) is 2. The molecule has 2 rings (SSSR count). The largest absolute Gasteiger partial charge is 0.497 e. The fourth-order valence-corrected chi connectivity index (χ4v) is 1.90. The molecule has 1 atom stereocenters. The van der Waals surface area contributed by atoms with E-state index in [1.165, 1.54) is 0 Å². The van der Waals surface area contributed by atoms with Gasteiger partial charge in [0.25, 0.3) is 0 Å². The van der Waals surface area contributed by atoms with Gasteiger partial charge in [-0.05, 0) is 19.1 Å². The maximum Gasteiger partial charge on any atom is 0.170 e. The fraction of sp³-hybridized carbons (Fsp3) is 0.375. The second-order valence-corrected chi connectivity index (χ2v) is 5.17. The number of pyridine rings is 1. The molecule has 0 amide bonds. The van der Waals surface area contributed by atoms with Gasteiger partial charge in [-0.3, -0.25) is 0 Å². The van der Waals surface area contributed by atoms with Crippen molar-refractivity contribution in [3.8, 4) is 5.75 Å². The van der Waals surface area contributed by atoms with Crippen LogP contribution in [0.15, 0.2) is 62.9 Å². The molecule has 1 aromatic rings. The molecule has 0 saturated heterocycles. The number of azo groups is 1. The quantitative estimate of drug-likeness (QED) is 0.367. The third kappa shape index (κ3) is 4.55. The molecule has 0 radical (unpaired) electrons. The van der Waals surface area contributed by atoms with Gasteiger partial charge in [0, 0.05) is 38.6 Å². The number of aromatic nitrogens is 1. The van der Waals surface area contributed by atoms with Crippen molar-refractivity contribution >= 4 is 5.84 Å². The number of likely N-dealkylation sites (N-methyl/N-ethyl adjacent to an activating group) is 1. The summed E-state index contributed by atoms with van der Waals surface area (Å²) >= 11 is 0. The summed E-state index contributed by atoms with van der Waals surface area (Å²) in [5.41, 5.74) is 0.656. The van der Waals surface area contributed by atoms with Crippen molar-refractivity contribution in [1.29, 1.82) is 0 Å². The van der Waals surface area contributed by atoms with Crippen LogP contribution in [0.2, 0.25) is 0 Å². The van der Waals surface area contributed by atoms with Crippen molar-refractivity contribution in [3.05, 3.63) is 47.9 Å². The number of amidine groups is 1. The Labute approximate surface area is 141 Å². The Morgan fingerprint density at radius 2 is 2.00 bits per heavy atom. The molecule has 0 aliphatic carbocycles. The topological polar surface area (TPSA) is 76.1 Å². The van der Waals surface area contributed by atoms with Gasteiger partial charge in [-0.15, -0.1) is 15.3 Å². The fourth-order valence-electron chi connectivity index (χ4n) is 1.90. The lowest BCUT2D eigenvalue weighted by Crippen LogP contribution is -2.25. The number of allylic oxidation sites excluding steroid dienone is 1. The Bertz CT molecular complexity index is 760. The van der Waals surface area contributed by atoms with E-state index >= 15 is 0 Å². The number of hydrogen-bond acceptors (Lipinski definition) is 6. The highest BCUT2D eigenvalue weighted by atomic mass is 16.5. The zero-order valence-corrected chi connectivity index (χ0v) is 14.5. The molecule has 0 saturated carbocycles. The minimum atomic E-state index is -0.233. The average molecular weight is 330 g/mol. The Morgan fingerprint density at radius 3 is 2.71 bits per heavy atom. The van der Waals surface area contributed by atoms with Crippen LogP contribution in [0.5, 0.6) is 5.75 Å². The third-order valence-corrected chi connectivity index (χ3v) is 3.39. The molecule has 8 nitrogen and oxygen atoms in total. The highest BCUT2D eigenvalue weighted by Crippen LogP contribution is 2.13. The molecule has 0 fully saturated rings. The van der Waals surface area contributed by atoms with Gasteiger partial charge < -0.3 is 18.9 Å². The molecular formula is C16H22N6O2. The molecule has 0 N–H and O–H groups in total. The van der Waals surface area contributed by atoms with Crippen LogP contribution in [0.4, 0.5) is 0 Å². The second kappa shape index (κ2) is 8.09. The summed E-state index contributed by atoms with van der Waals surface area (Å²) in [6.45, 7) is 1.74. The summed E-state index contributed by atoms with van der Waals surface area (Å²) in [7, 11) is 7.02. The highest BCUT2D eigenvalue weighted by Gasteiger charge is 2.13. The first-order valence-electron chi connectivity index (χ1n) is 7.39. The van der Waals surface area contributed by atoms with Crippen LogP contribution in [-0.2, 0) is 11.8 Å². The number of nitrogens with zero attached hydrogens (tertiary/aromatic N) is 6. The molecule has 2 heterocycles. The third-order valence-electron chi connectivity index (χ3n) is 3.39.